The van der Waals surface area contributed by atoms with E-state index in [1.807, 2.05) is 18.2 Å². The summed E-state index contributed by atoms with van der Waals surface area (Å²) in [6.07, 6.45) is 2.27. The van der Waals surface area contributed by atoms with E-state index in [1.165, 1.54) is 0 Å². The Bertz CT molecular complexity index is 642. The molecule has 1 aromatic heterocycles. The molecule has 5 heteroatoms. The first-order chi connectivity index (χ1) is 9.72. The molecular formula is C15H15ClN2O2. The fourth-order valence-electron chi connectivity index (χ4n) is 2.19. The van der Waals surface area contributed by atoms with Crippen molar-refractivity contribution in [2.24, 2.45) is 0 Å². The second-order valence-electron chi connectivity index (χ2n) is 4.75. The van der Waals surface area contributed by atoms with Crippen LogP contribution in [0.1, 0.15) is 24.6 Å². The summed E-state index contributed by atoms with van der Waals surface area (Å²) in [6, 6.07) is 7.46. The lowest BCUT2D eigenvalue weighted by atomic mass is 10.1. The second kappa shape index (κ2) is 5.29. The average Bonchev–Trinajstić information content (AvgIpc) is 3.30. The van der Waals surface area contributed by atoms with Gasteiger partial charge in [0.2, 0.25) is 0 Å². The Kier molecular flexibility index (Phi) is 3.49. The van der Waals surface area contributed by atoms with Crippen molar-refractivity contribution in [1.29, 1.82) is 0 Å². The largest absolute Gasteiger partial charge is 0.493 e. The molecule has 0 bridgehead atoms. The summed E-state index contributed by atoms with van der Waals surface area (Å²) in [4.78, 5) is 8.92. The predicted octanol–water partition coefficient (Wildman–Crippen LogP) is 3.69. The van der Waals surface area contributed by atoms with Crippen LogP contribution < -0.4 is 9.47 Å². The van der Waals surface area contributed by atoms with Gasteiger partial charge >= 0.3 is 0 Å². The van der Waals surface area contributed by atoms with Gasteiger partial charge in [-0.1, -0.05) is 17.7 Å². The minimum Gasteiger partial charge on any atom is -0.493 e. The highest BCUT2D eigenvalue weighted by atomic mass is 35.5. The van der Waals surface area contributed by atoms with E-state index in [4.69, 9.17) is 21.1 Å². The van der Waals surface area contributed by atoms with Crippen molar-refractivity contribution in [2.75, 3.05) is 14.2 Å². The molecule has 0 radical (unpaired) electrons. The molecule has 3 rings (SSSR count). The van der Waals surface area contributed by atoms with Crippen LogP contribution in [0.2, 0.25) is 5.15 Å². The third-order valence-electron chi connectivity index (χ3n) is 3.33. The molecule has 1 fully saturated rings. The van der Waals surface area contributed by atoms with Gasteiger partial charge in [0, 0.05) is 17.5 Å². The molecule has 1 aliphatic rings. The number of nitrogens with zero attached hydrogens (tertiary/aromatic N) is 2. The minimum atomic E-state index is 0.448. The molecule has 4 nitrogen and oxygen atoms in total. The van der Waals surface area contributed by atoms with E-state index in [0.717, 1.165) is 29.9 Å². The molecule has 0 N–H and O–H groups in total. The summed E-state index contributed by atoms with van der Waals surface area (Å²) in [5.41, 5.74) is 1.63. The zero-order valence-electron chi connectivity index (χ0n) is 11.4. The molecule has 2 aromatic rings. The molecule has 0 amide bonds. The third-order valence-corrected chi connectivity index (χ3v) is 3.53. The van der Waals surface area contributed by atoms with Crippen LogP contribution >= 0.6 is 11.6 Å². The van der Waals surface area contributed by atoms with Gasteiger partial charge < -0.3 is 9.47 Å². The third kappa shape index (κ3) is 2.43. The van der Waals surface area contributed by atoms with Crippen LogP contribution in [0.25, 0.3) is 11.3 Å². The van der Waals surface area contributed by atoms with Crippen LogP contribution in [0.5, 0.6) is 11.5 Å². The van der Waals surface area contributed by atoms with E-state index < -0.39 is 0 Å². The van der Waals surface area contributed by atoms with Crippen molar-refractivity contribution in [3.8, 4) is 22.8 Å². The van der Waals surface area contributed by atoms with Crippen LogP contribution in [-0.2, 0) is 0 Å². The Morgan fingerprint density at radius 3 is 2.60 bits per heavy atom. The van der Waals surface area contributed by atoms with E-state index in [1.54, 1.807) is 20.3 Å². The summed E-state index contributed by atoms with van der Waals surface area (Å²) in [7, 11) is 3.23. The number of hydrogen-bond donors (Lipinski definition) is 0. The number of rotatable bonds is 4. The van der Waals surface area contributed by atoms with Crippen LogP contribution in [0, 0.1) is 0 Å². The Morgan fingerprint density at radius 2 is 1.95 bits per heavy atom. The van der Waals surface area contributed by atoms with Gasteiger partial charge in [-0.15, -0.1) is 0 Å². The maximum atomic E-state index is 6.12. The Morgan fingerprint density at radius 1 is 1.15 bits per heavy atom. The molecule has 0 unspecified atom stereocenters. The van der Waals surface area contributed by atoms with Crippen molar-refractivity contribution in [3.05, 3.63) is 35.2 Å². The molecule has 104 valence electrons. The molecular weight excluding hydrogens is 276 g/mol. The second-order valence-corrected chi connectivity index (χ2v) is 5.14. The van der Waals surface area contributed by atoms with Gasteiger partial charge in [0.1, 0.15) is 11.0 Å². The number of methoxy groups -OCH3 is 2. The molecule has 1 aliphatic carbocycles. The lowest BCUT2D eigenvalue weighted by Gasteiger charge is -2.12. The SMILES string of the molecule is COc1cccc(-c2cc(Cl)nc(C3CC3)n2)c1OC. The molecule has 0 saturated heterocycles. The van der Waals surface area contributed by atoms with Gasteiger partial charge in [0.05, 0.1) is 19.9 Å². The predicted molar refractivity (Wildman–Crippen MR) is 77.6 cm³/mol. The van der Waals surface area contributed by atoms with Gasteiger partial charge in [0.15, 0.2) is 11.5 Å². The van der Waals surface area contributed by atoms with E-state index in [9.17, 15) is 0 Å². The van der Waals surface area contributed by atoms with Crippen molar-refractivity contribution in [1.82, 2.24) is 9.97 Å². The maximum absolute atomic E-state index is 6.12. The molecule has 0 aliphatic heterocycles. The summed E-state index contributed by atoms with van der Waals surface area (Å²) in [6.45, 7) is 0. The molecule has 0 atom stereocenters. The lowest BCUT2D eigenvalue weighted by Crippen LogP contribution is -1.98. The summed E-state index contributed by atoms with van der Waals surface area (Å²) < 4.78 is 10.8. The Labute approximate surface area is 122 Å². The van der Waals surface area contributed by atoms with Crippen LogP contribution in [0.15, 0.2) is 24.3 Å². The quantitative estimate of drug-likeness (QED) is 0.806. The van der Waals surface area contributed by atoms with Crippen molar-refractivity contribution in [3.63, 3.8) is 0 Å². The van der Waals surface area contributed by atoms with Gasteiger partial charge in [-0.05, 0) is 25.0 Å². The standard InChI is InChI=1S/C15H15ClN2O2/c1-19-12-5-3-4-10(14(12)20-2)11-8-13(16)18-15(17-11)9-6-7-9/h3-5,8-9H,6-7H2,1-2H3. The number of hydrogen-bond acceptors (Lipinski definition) is 4. The number of aromatic nitrogens is 2. The molecule has 0 spiro atoms. The Balaban J connectivity index is 2.12. The smallest absolute Gasteiger partial charge is 0.170 e. The molecule has 20 heavy (non-hydrogen) atoms. The van der Waals surface area contributed by atoms with Crippen LogP contribution in [0.4, 0.5) is 0 Å². The zero-order valence-corrected chi connectivity index (χ0v) is 12.1. The number of benzene rings is 1. The van der Waals surface area contributed by atoms with Gasteiger partial charge in [-0.25, -0.2) is 9.97 Å². The zero-order chi connectivity index (χ0) is 14.1. The maximum Gasteiger partial charge on any atom is 0.170 e. The first-order valence-electron chi connectivity index (χ1n) is 6.48. The average molecular weight is 291 g/mol. The topological polar surface area (TPSA) is 44.2 Å². The summed E-state index contributed by atoms with van der Waals surface area (Å²) >= 11 is 6.12. The highest BCUT2D eigenvalue weighted by Gasteiger charge is 2.27. The van der Waals surface area contributed by atoms with Crippen molar-refractivity contribution >= 4 is 11.6 Å². The van der Waals surface area contributed by atoms with E-state index >= 15 is 0 Å². The highest BCUT2D eigenvalue weighted by Crippen LogP contribution is 2.41. The first-order valence-corrected chi connectivity index (χ1v) is 6.86. The van der Waals surface area contributed by atoms with E-state index in [-0.39, 0.29) is 0 Å². The van der Waals surface area contributed by atoms with E-state index in [0.29, 0.717) is 22.6 Å². The van der Waals surface area contributed by atoms with Crippen LogP contribution in [0.3, 0.4) is 0 Å². The van der Waals surface area contributed by atoms with Crippen molar-refractivity contribution < 1.29 is 9.47 Å². The molecule has 1 aromatic carbocycles. The normalized spacial score (nSPS) is 14.2. The molecule has 1 heterocycles. The van der Waals surface area contributed by atoms with Gasteiger partial charge in [0.25, 0.3) is 0 Å². The van der Waals surface area contributed by atoms with Crippen molar-refractivity contribution in [2.45, 2.75) is 18.8 Å². The summed E-state index contributed by atoms with van der Waals surface area (Å²) in [5, 5.41) is 0.460. The first kappa shape index (κ1) is 13.2. The van der Waals surface area contributed by atoms with E-state index in [2.05, 4.69) is 9.97 Å². The number of halogens is 1. The summed E-state index contributed by atoms with van der Waals surface area (Å²) in [5.74, 6) is 2.60. The minimum absolute atomic E-state index is 0.448. The fraction of sp³-hybridized carbons (Fsp3) is 0.333. The van der Waals surface area contributed by atoms with Crippen LogP contribution in [-0.4, -0.2) is 24.2 Å². The monoisotopic (exact) mass is 290 g/mol. The highest BCUT2D eigenvalue weighted by molar-refractivity contribution is 6.29. The Hall–Kier alpha value is -1.81. The van der Waals surface area contributed by atoms with Gasteiger partial charge in [-0.3, -0.25) is 0 Å². The lowest BCUT2D eigenvalue weighted by molar-refractivity contribution is 0.356. The fourth-order valence-corrected chi connectivity index (χ4v) is 2.38. The number of ether oxygens (including phenoxy) is 2. The van der Waals surface area contributed by atoms with Gasteiger partial charge in [-0.2, -0.15) is 0 Å². The molecule has 1 saturated carbocycles. The number of para-hydroxylation sites is 1.